The molecule has 7 heteroatoms. The Morgan fingerprint density at radius 3 is 2.10 bits per heavy atom. The van der Waals surface area contributed by atoms with Crippen LogP contribution in [0.5, 0.6) is 0 Å². The number of nitrogens with one attached hydrogen (secondary N) is 3. The molecule has 0 spiro atoms. The van der Waals surface area contributed by atoms with E-state index < -0.39 is 11.3 Å². The average molecular weight is 299 g/mol. The van der Waals surface area contributed by atoms with Gasteiger partial charge in [-0.05, 0) is 41.5 Å². The molecule has 0 fully saturated rings. The first-order valence-electron chi connectivity index (χ1n) is 7.11. The molecule has 0 saturated carbocycles. The van der Waals surface area contributed by atoms with Gasteiger partial charge in [0.05, 0.1) is 5.41 Å². The van der Waals surface area contributed by atoms with Gasteiger partial charge >= 0.3 is 0 Å². The zero-order valence-electron chi connectivity index (χ0n) is 14.0. The Hall–Kier alpha value is -1.79. The monoisotopic (exact) mass is 299 g/mol. The molecule has 21 heavy (non-hydrogen) atoms. The number of guanidine groups is 1. The predicted molar refractivity (Wildman–Crippen MR) is 84.9 cm³/mol. The quantitative estimate of drug-likeness (QED) is 0.408. The second kappa shape index (κ2) is 7.85. The minimum atomic E-state index is -0.691. The summed E-state index contributed by atoms with van der Waals surface area (Å²) < 4.78 is 0. The number of hydrogen-bond donors (Lipinski definition) is 4. The SMILES string of the molecule is CCNC(=NCC(=O)NC(C)(C)C)NCC(C)(C)C(N)=O. The van der Waals surface area contributed by atoms with Crippen LogP contribution < -0.4 is 21.7 Å². The lowest BCUT2D eigenvalue weighted by Crippen LogP contribution is -2.47. The van der Waals surface area contributed by atoms with E-state index in [0.717, 1.165) is 0 Å². The Balaban J connectivity index is 4.57. The fourth-order valence-electron chi connectivity index (χ4n) is 1.34. The van der Waals surface area contributed by atoms with E-state index in [1.54, 1.807) is 13.8 Å². The molecule has 7 nitrogen and oxygen atoms in total. The standard InChI is InChI=1S/C14H29N5O2/c1-7-16-12(18-9-14(5,6)11(15)21)17-8-10(20)19-13(2,3)4/h7-9H2,1-6H3,(H2,15,21)(H,19,20)(H2,16,17,18). The van der Waals surface area contributed by atoms with Crippen LogP contribution in [0.1, 0.15) is 41.5 Å². The summed E-state index contributed by atoms with van der Waals surface area (Å²) in [5.74, 6) is -0.0685. The van der Waals surface area contributed by atoms with Gasteiger partial charge in [-0.25, -0.2) is 4.99 Å². The van der Waals surface area contributed by atoms with E-state index >= 15 is 0 Å². The fraction of sp³-hybridized carbons (Fsp3) is 0.786. The van der Waals surface area contributed by atoms with E-state index in [1.165, 1.54) is 0 Å². The summed E-state index contributed by atoms with van der Waals surface area (Å²) in [7, 11) is 0. The van der Waals surface area contributed by atoms with Crippen LogP contribution in [0.2, 0.25) is 0 Å². The van der Waals surface area contributed by atoms with E-state index in [-0.39, 0.29) is 18.0 Å². The molecule has 0 aromatic heterocycles. The summed E-state index contributed by atoms with van der Waals surface area (Å²) in [6, 6.07) is 0. The number of primary amides is 1. The lowest BCUT2D eigenvalue weighted by Gasteiger charge is -2.23. The Morgan fingerprint density at radius 2 is 1.67 bits per heavy atom. The highest BCUT2D eigenvalue weighted by Crippen LogP contribution is 2.11. The Morgan fingerprint density at radius 1 is 1.10 bits per heavy atom. The minimum Gasteiger partial charge on any atom is -0.369 e. The van der Waals surface area contributed by atoms with Gasteiger partial charge in [0.2, 0.25) is 11.8 Å². The van der Waals surface area contributed by atoms with Crippen LogP contribution in [0, 0.1) is 5.41 Å². The third-order valence-electron chi connectivity index (χ3n) is 2.60. The lowest BCUT2D eigenvalue weighted by atomic mass is 9.93. The van der Waals surface area contributed by atoms with Gasteiger partial charge in [0.15, 0.2) is 5.96 Å². The van der Waals surface area contributed by atoms with Crippen molar-refractivity contribution in [2.75, 3.05) is 19.6 Å². The summed E-state index contributed by atoms with van der Waals surface area (Å²) in [4.78, 5) is 27.2. The number of carbonyl (C=O) groups excluding carboxylic acids is 2. The number of aliphatic imine (C=N–C) groups is 1. The van der Waals surface area contributed by atoms with Gasteiger partial charge in [-0.3, -0.25) is 9.59 Å². The third-order valence-corrected chi connectivity index (χ3v) is 2.60. The molecule has 0 unspecified atom stereocenters. The topological polar surface area (TPSA) is 109 Å². The van der Waals surface area contributed by atoms with Gasteiger partial charge < -0.3 is 21.7 Å². The molecule has 122 valence electrons. The minimum absolute atomic E-state index is 0.0175. The second-order valence-electron chi connectivity index (χ2n) is 6.60. The van der Waals surface area contributed by atoms with Gasteiger partial charge in [0.25, 0.3) is 0 Å². The first-order chi connectivity index (χ1) is 9.48. The Bertz CT molecular complexity index is 397. The van der Waals surface area contributed by atoms with Crippen molar-refractivity contribution < 1.29 is 9.59 Å². The van der Waals surface area contributed by atoms with Crippen LogP contribution in [-0.2, 0) is 9.59 Å². The largest absolute Gasteiger partial charge is 0.369 e. The summed E-state index contributed by atoms with van der Waals surface area (Å²) >= 11 is 0. The van der Waals surface area contributed by atoms with Crippen molar-refractivity contribution in [3.05, 3.63) is 0 Å². The van der Waals surface area contributed by atoms with Gasteiger partial charge in [-0.2, -0.15) is 0 Å². The van der Waals surface area contributed by atoms with Crippen molar-refractivity contribution in [2.24, 2.45) is 16.1 Å². The normalized spacial score (nSPS) is 12.8. The van der Waals surface area contributed by atoms with Crippen LogP contribution in [-0.4, -0.2) is 42.9 Å². The highest BCUT2D eigenvalue weighted by molar-refractivity contribution is 5.86. The van der Waals surface area contributed by atoms with Gasteiger partial charge in [-0.15, -0.1) is 0 Å². The predicted octanol–water partition coefficient (Wildman–Crippen LogP) is -0.0323. The average Bonchev–Trinajstić information content (AvgIpc) is 2.30. The molecule has 0 atom stereocenters. The van der Waals surface area contributed by atoms with Gasteiger partial charge in [0.1, 0.15) is 6.54 Å². The smallest absolute Gasteiger partial charge is 0.242 e. The zero-order chi connectivity index (χ0) is 16.7. The third kappa shape index (κ3) is 8.88. The molecule has 0 aliphatic rings. The summed E-state index contributed by atoms with van der Waals surface area (Å²) in [6.07, 6.45) is 0. The molecule has 0 bridgehead atoms. The number of carbonyl (C=O) groups is 2. The second-order valence-corrected chi connectivity index (χ2v) is 6.60. The van der Waals surface area contributed by atoms with E-state index in [9.17, 15) is 9.59 Å². The van der Waals surface area contributed by atoms with Crippen molar-refractivity contribution in [3.8, 4) is 0 Å². The highest BCUT2D eigenvalue weighted by Gasteiger charge is 2.25. The molecular weight excluding hydrogens is 270 g/mol. The molecule has 2 amide bonds. The number of nitrogens with zero attached hydrogens (tertiary/aromatic N) is 1. The summed E-state index contributed by atoms with van der Waals surface area (Å²) in [6.45, 7) is 12.2. The molecule has 0 radical (unpaired) electrons. The van der Waals surface area contributed by atoms with Gasteiger partial charge in [-0.1, -0.05) is 0 Å². The van der Waals surface area contributed by atoms with Gasteiger partial charge in [0, 0.05) is 18.6 Å². The Labute approximate surface area is 127 Å². The van der Waals surface area contributed by atoms with Crippen LogP contribution in [0.3, 0.4) is 0 Å². The molecule has 0 rings (SSSR count). The van der Waals surface area contributed by atoms with Crippen LogP contribution in [0.25, 0.3) is 0 Å². The van der Waals surface area contributed by atoms with E-state index in [0.29, 0.717) is 19.0 Å². The molecule has 0 aromatic rings. The number of nitrogens with two attached hydrogens (primary N) is 1. The number of rotatable bonds is 6. The number of amides is 2. The van der Waals surface area contributed by atoms with Crippen molar-refractivity contribution in [1.29, 1.82) is 0 Å². The maximum absolute atomic E-state index is 11.7. The maximum atomic E-state index is 11.7. The van der Waals surface area contributed by atoms with E-state index in [2.05, 4.69) is 20.9 Å². The van der Waals surface area contributed by atoms with Crippen LogP contribution >= 0.6 is 0 Å². The van der Waals surface area contributed by atoms with E-state index in [1.807, 2.05) is 27.7 Å². The van der Waals surface area contributed by atoms with E-state index in [4.69, 9.17) is 5.73 Å². The fourth-order valence-corrected chi connectivity index (χ4v) is 1.34. The molecule has 0 aliphatic heterocycles. The first kappa shape index (κ1) is 19.2. The summed E-state index contributed by atoms with van der Waals surface area (Å²) in [5.41, 5.74) is 4.34. The number of hydrogen-bond acceptors (Lipinski definition) is 3. The Kier molecular flexibility index (Phi) is 7.18. The van der Waals surface area contributed by atoms with Crippen molar-refractivity contribution >= 4 is 17.8 Å². The summed E-state index contributed by atoms with van der Waals surface area (Å²) in [5, 5.41) is 8.87. The molecule has 0 aromatic carbocycles. The molecule has 0 saturated heterocycles. The zero-order valence-corrected chi connectivity index (χ0v) is 14.0. The molecule has 5 N–H and O–H groups in total. The first-order valence-corrected chi connectivity index (χ1v) is 7.11. The lowest BCUT2D eigenvalue weighted by molar-refractivity contribution is -0.125. The van der Waals surface area contributed by atoms with Crippen LogP contribution in [0.15, 0.2) is 4.99 Å². The molecule has 0 aliphatic carbocycles. The molecule has 0 heterocycles. The maximum Gasteiger partial charge on any atom is 0.242 e. The molecular formula is C14H29N5O2. The van der Waals surface area contributed by atoms with Crippen molar-refractivity contribution in [2.45, 2.75) is 47.1 Å². The highest BCUT2D eigenvalue weighted by atomic mass is 16.2. The van der Waals surface area contributed by atoms with Crippen LogP contribution in [0.4, 0.5) is 0 Å². The van der Waals surface area contributed by atoms with Crippen molar-refractivity contribution in [3.63, 3.8) is 0 Å². The van der Waals surface area contributed by atoms with Crippen molar-refractivity contribution in [1.82, 2.24) is 16.0 Å².